The number of anilines is 1. The molecule has 29 heavy (non-hydrogen) atoms. The molecule has 0 aliphatic carbocycles. The Morgan fingerprint density at radius 3 is 2.41 bits per heavy atom. The van der Waals surface area contributed by atoms with Crippen molar-refractivity contribution in [3.05, 3.63) is 94.0 Å². The third-order valence-corrected chi connectivity index (χ3v) is 4.75. The number of carbonyl (C=O) groups excluding carboxylic acids is 1. The number of halogens is 4. The number of hydrogen-bond donors (Lipinski definition) is 1. The van der Waals surface area contributed by atoms with Gasteiger partial charge < -0.3 is 10.1 Å². The zero-order valence-corrected chi connectivity index (χ0v) is 16.8. The van der Waals surface area contributed by atoms with Crippen molar-refractivity contribution in [1.82, 2.24) is 0 Å². The van der Waals surface area contributed by atoms with Crippen LogP contribution in [0.4, 0.5) is 18.9 Å². The average Bonchev–Trinajstić information content (AvgIpc) is 2.69. The van der Waals surface area contributed by atoms with Gasteiger partial charge in [-0.15, -0.1) is 0 Å². The van der Waals surface area contributed by atoms with E-state index in [0.29, 0.717) is 22.4 Å². The summed E-state index contributed by atoms with van der Waals surface area (Å²) in [7, 11) is 0. The number of carbonyl (C=O) groups is 1. The van der Waals surface area contributed by atoms with Gasteiger partial charge in [-0.1, -0.05) is 36.4 Å². The van der Waals surface area contributed by atoms with Crippen molar-refractivity contribution in [2.75, 3.05) is 11.9 Å². The summed E-state index contributed by atoms with van der Waals surface area (Å²) in [6.45, 7) is 0.471. The Labute approximate surface area is 174 Å². The largest absolute Gasteiger partial charge is 0.492 e. The molecular formula is C22H17BrF3NO2. The third-order valence-electron chi connectivity index (χ3n) is 4.13. The smallest absolute Gasteiger partial charge is 0.416 e. The summed E-state index contributed by atoms with van der Waals surface area (Å²) in [5.41, 5.74) is 0.702. The highest BCUT2D eigenvalue weighted by Gasteiger charge is 2.30. The van der Waals surface area contributed by atoms with E-state index in [0.717, 1.165) is 24.1 Å². The first-order valence-corrected chi connectivity index (χ1v) is 9.57. The molecule has 0 unspecified atom stereocenters. The zero-order chi connectivity index (χ0) is 20.9. The minimum absolute atomic E-state index is 0.0733. The van der Waals surface area contributed by atoms with Gasteiger partial charge in [-0.05, 0) is 57.9 Å². The van der Waals surface area contributed by atoms with Crippen molar-refractivity contribution in [3.63, 3.8) is 0 Å². The highest BCUT2D eigenvalue weighted by molar-refractivity contribution is 9.10. The SMILES string of the molecule is O=C(Nc1cccc(C(F)(F)F)c1)c1ccc(OCCc2ccccc2)c(Br)c1. The summed E-state index contributed by atoms with van der Waals surface area (Å²) in [5, 5.41) is 2.48. The van der Waals surface area contributed by atoms with Crippen LogP contribution in [0.1, 0.15) is 21.5 Å². The molecule has 7 heteroatoms. The van der Waals surface area contributed by atoms with Gasteiger partial charge in [0.05, 0.1) is 16.6 Å². The maximum Gasteiger partial charge on any atom is 0.416 e. The molecule has 3 aromatic rings. The number of hydrogen-bond acceptors (Lipinski definition) is 2. The second-order valence-corrected chi connectivity index (χ2v) is 7.12. The van der Waals surface area contributed by atoms with E-state index in [-0.39, 0.29) is 5.69 Å². The van der Waals surface area contributed by atoms with Crippen LogP contribution in [0.5, 0.6) is 5.75 Å². The van der Waals surface area contributed by atoms with Crippen LogP contribution in [0.15, 0.2) is 77.3 Å². The molecule has 0 aliphatic rings. The molecule has 0 heterocycles. The monoisotopic (exact) mass is 463 g/mol. The van der Waals surface area contributed by atoms with Crippen LogP contribution in [0.3, 0.4) is 0 Å². The van der Waals surface area contributed by atoms with E-state index in [9.17, 15) is 18.0 Å². The Hall–Kier alpha value is -2.80. The first-order chi connectivity index (χ1) is 13.8. The predicted octanol–water partition coefficient (Wildman–Crippen LogP) is 6.34. The molecule has 0 saturated heterocycles. The van der Waals surface area contributed by atoms with Gasteiger partial charge in [0.2, 0.25) is 0 Å². The number of amides is 1. The van der Waals surface area contributed by atoms with Crippen LogP contribution < -0.4 is 10.1 Å². The van der Waals surface area contributed by atoms with Crippen LogP contribution in [0.2, 0.25) is 0 Å². The van der Waals surface area contributed by atoms with E-state index in [1.54, 1.807) is 18.2 Å². The van der Waals surface area contributed by atoms with Crippen molar-refractivity contribution in [2.45, 2.75) is 12.6 Å². The first-order valence-electron chi connectivity index (χ1n) is 8.78. The van der Waals surface area contributed by atoms with Gasteiger partial charge >= 0.3 is 6.18 Å². The average molecular weight is 464 g/mol. The molecule has 3 aromatic carbocycles. The highest BCUT2D eigenvalue weighted by atomic mass is 79.9. The van der Waals surface area contributed by atoms with Crippen molar-refractivity contribution < 1.29 is 22.7 Å². The van der Waals surface area contributed by atoms with Gasteiger partial charge in [-0.2, -0.15) is 13.2 Å². The topological polar surface area (TPSA) is 38.3 Å². The first kappa shape index (κ1) is 20.9. The summed E-state index contributed by atoms with van der Waals surface area (Å²) in [4.78, 5) is 12.4. The summed E-state index contributed by atoms with van der Waals surface area (Å²) < 4.78 is 44.7. The molecule has 150 valence electrons. The maximum absolute atomic E-state index is 12.8. The van der Waals surface area contributed by atoms with Crippen LogP contribution in [-0.4, -0.2) is 12.5 Å². The molecule has 0 saturated carbocycles. The molecule has 0 aromatic heterocycles. The van der Waals surface area contributed by atoms with Gasteiger partial charge in [0, 0.05) is 17.7 Å². The van der Waals surface area contributed by atoms with E-state index in [2.05, 4.69) is 21.2 Å². The predicted molar refractivity (Wildman–Crippen MR) is 109 cm³/mol. The molecule has 1 N–H and O–H groups in total. The van der Waals surface area contributed by atoms with Crippen molar-refractivity contribution in [3.8, 4) is 5.75 Å². The van der Waals surface area contributed by atoms with Gasteiger partial charge in [0.1, 0.15) is 5.75 Å². The van der Waals surface area contributed by atoms with Gasteiger partial charge in [-0.3, -0.25) is 4.79 Å². The van der Waals surface area contributed by atoms with Crippen molar-refractivity contribution in [2.24, 2.45) is 0 Å². The fourth-order valence-corrected chi connectivity index (χ4v) is 3.15. The van der Waals surface area contributed by atoms with Crippen LogP contribution in [0, 0.1) is 0 Å². The second-order valence-electron chi connectivity index (χ2n) is 6.26. The van der Waals surface area contributed by atoms with E-state index in [1.807, 2.05) is 30.3 Å². The Kier molecular flexibility index (Phi) is 6.59. The molecule has 0 radical (unpaired) electrons. The lowest BCUT2D eigenvalue weighted by Gasteiger charge is -2.12. The normalized spacial score (nSPS) is 11.2. The summed E-state index contributed by atoms with van der Waals surface area (Å²) in [6.07, 6.45) is -3.73. The summed E-state index contributed by atoms with van der Waals surface area (Å²) >= 11 is 3.37. The summed E-state index contributed by atoms with van der Waals surface area (Å²) in [5.74, 6) is 0.0670. The second kappa shape index (κ2) is 9.13. The van der Waals surface area contributed by atoms with E-state index in [1.165, 1.54) is 12.1 Å². The van der Waals surface area contributed by atoms with Gasteiger partial charge in [-0.25, -0.2) is 0 Å². The molecule has 0 spiro atoms. The van der Waals surface area contributed by atoms with E-state index >= 15 is 0 Å². The van der Waals surface area contributed by atoms with Crippen molar-refractivity contribution in [1.29, 1.82) is 0 Å². The molecule has 0 fully saturated rings. The molecule has 0 atom stereocenters. The number of benzene rings is 3. The van der Waals surface area contributed by atoms with Crippen LogP contribution in [-0.2, 0) is 12.6 Å². The minimum atomic E-state index is -4.47. The zero-order valence-electron chi connectivity index (χ0n) is 15.2. The third kappa shape index (κ3) is 5.84. The molecule has 0 aliphatic heterocycles. The van der Waals surface area contributed by atoms with E-state index < -0.39 is 17.6 Å². The Morgan fingerprint density at radius 2 is 1.72 bits per heavy atom. The van der Waals surface area contributed by atoms with Crippen LogP contribution >= 0.6 is 15.9 Å². The lowest BCUT2D eigenvalue weighted by Crippen LogP contribution is -2.13. The Morgan fingerprint density at radius 1 is 0.966 bits per heavy atom. The van der Waals surface area contributed by atoms with Crippen LogP contribution in [0.25, 0.3) is 0 Å². The molecule has 1 amide bonds. The number of ether oxygens (including phenoxy) is 1. The van der Waals surface area contributed by atoms with Gasteiger partial charge in [0.25, 0.3) is 5.91 Å². The maximum atomic E-state index is 12.8. The van der Waals surface area contributed by atoms with Crippen molar-refractivity contribution >= 4 is 27.5 Å². The standard InChI is InChI=1S/C22H17BrF3NO2/c23-19-13-16(9-10-20(19)29-12-11-15-5-2-1-3-6-15)21(28)27-18-8-4-7-17(14-18)22(24,25)26/h1-10,13-14H,11-12H2,(H,27,28). The lowest BCUT2D eigenvalue weighted by molar-refractivity contribution is -0.137. The Bertz CT molecular complexity index is 991. The van der Waals surface area contributed by atoms with Gasteiger partial charge in [0.15, 0.2) is 0 Å². The quantitative estimate of drug-likeness (QED) is 0.462. The molecule has 3 rings (SSSR count). The van der Waals surface area contributed by atoms with E-state index in [4.69, 9.17) is 4.74 Å². The fourth-order valence-electron chi connectivity index (χ4n) is 2.66. The number of alkyl halides is 3. The number of nitrogens with one attached hydrogen (secondary N) is 1. The number of rotatable bonds is 6. The molecular weight excluding hydrogens is 447 g/mol. The molecule has 0 bridgehead atoms. The minimum Gasteiger partial charge on any atom is -0.492 e. The fraction of sp³-hybridized carbons (Fsp3) is 0.136. The lowest BCUT2D eigenvalue weighted by atomic mass is 10.1. The summed E-state index contributed by atoms with van der Waals surface area (Å²) in [6, 6.07) is 19.2. The Balaban J connectivity index is 1.62. The highest BCUT2D eigenvalue weighted by Crippen LogP contribution is 2.31. The molecule has 3 nitrogen and oxygen atoms in total.